The van der Waals surface area contributed by atoms with Gasteiger partial charge in [0.15, 0.2) is 6.61 Å². The Morgan fingerprint density at radius 2 is 1.95 bits per heavy atom. The van der Waals surface area contributed by atoms with Gasteiger partial charge in [0.05, 0.1) is 6.61 Å². The molecule has 116 valence electrons. The van der Waals surface area contributed by atoms with Crippen LogP contribution >= 0.6 is 0 Å². The third kappa shape index (κ3) is 7.34. The summed E-state index contributed by atoms with van der Waals surface area (Å²) in [5.41, 5.74) is 0.577. The van der Waals surface area contributed by atoms with Crippen molar-refractivity contribution in [1.82, 2.24) is 0 Å². The zero-order valence-corrected chi connectivity index (χ0v) is 13.1. The zero-order valence-electron chi connectivity index (χ0n) is 13.1. The molecule has 0 spiro atoms. The number of amides is 1. The van der Waals surface area contributed by atoms with E-state index in [1.54, 1.807) is 31.2 Å². The number of esters is 1. The van der Waals surface area contributed by atoms with Crippen molar-refractivity contribution in [1.29, 1.82) is 0 Å². The first-order valence-corrected chi connectivity index (χ1v) is 6.98. The highest BCUT2D eigenvalue weighted by Crippen LogP contribution is 2.21. The summed E-state index contributed by atoms with van der Waals surface area (Å²) in [5, 5.41) is 2.82. The minimum absolute atomic E-state index is 0.0509. The Kier molecular flexibility index (Phi) is 6.21. The molecule has 1 aromatic carbocycles. The molecular formula is C16H23NO4. The second-order valence-corrected chi connectivity index (χ2v) is 5.91. The molecule has 0 heterocycles. The van der Waals surface area contributed by atoms with E-state index in [4.69, 9.17) is 9.47 Å². The summed E-state index contributed by atoms with van der Waals surface area (Å²) >= 11 is 0. The Balaban J connectivity index is 2.56. The molecule has 0 saturated heterocycles. The lowest BCUT2D eigenvalue weighted by Crippen LogP contribution is -2.19. The molecule has 1 N–H and O–H groups in total. The fourth-order valence-corrected chi connectivity index (χ4v) is 1.70. The number of benzene rings is 1. The van der Waals surface area contributed by atoms with Gasteiger partial charge in [0.2, 0.25) is 5.91 Å². The van der Waals surface area contributed by atoms with Crippen molar-refractivity contribution in [3.8, 4) is 5.75 Å². The predicted molar refractivity (Wildman–Crippen MR) is 81.3 cm³/mol. The van der Waals surface area contributed by atoms with Gasteiger partial charge in [-0.1, -0.05) is 26.8 Å². The molecule has 1 amide bonds. The van der Waals surface area contributed by atoms with Crippen molar-refractivity contribution in [3.05, 3.63) is 24.3 Å². The second-order valence-electron chi connectivity index (χ2n) is 5.91. The van der Waals surface area contributed by atoms with Crippen LogP contribution in [0, 0.1) is 5.41 Å². The first-order valence-electron chi connectivity index (χ1n) is 6.98. The third-order valence-electron chi connectivity index (χ3n) is 2.47. The fourth-order valence-electron chi connectivity index (χ4n) is 1.70. The van der Waals surface area contributed by atoms with Crippen molar-refractivity contribution in [2.45, 2.75) is 34.1 Å². The molecule has 1 rings (SSSR count). The number of hydrogen-bond donors (Lipinski definition) is 1. The van der Waals surface area contributed by atoms with Gasteiger partial charge < -0.3 is 14.8 Å². The monoisotopic (exact) mass is 293 g/mol. The smallest absolute Gasteiger partial charge is 0.344 e. The van der Waals surface area contributed by atoms with Gasteiger partial charge in [-0.25, -0.2) is 4.79 Å². The van der Waals surface area contributed by atoms with Crippen LogP contribution in [0.4, 0.5) is 5.69 Å². The van der Waals surface area contributed by atoms with Crippen LogP contribution in [-0.2, 0) is 14.3 Å². The summed E-state index contributed by atoms with van der Waals surface area (Å²) in [6, 6.07) is 6.93. The van der Waals surface area contributed by atoms with E-state index in [9.17, 15) is 9.59 Å². The quantitative estimate of drug-likeness (QED) is 0.819. The van der Waals surface area contributed by atoms with Gasteiger partial charge in [0.1, 0.15) is 5.75 Å². The summed E-state index contributed by atoms with van der Waals surface area (Å²) < 4.78 is 10.1. The number of nitrogens with one attached hydrogen (secondary N) is 1. The Bertz CT molecular complexity index is 491. The van der Waals surface area contributed by atoms with E-state index >= 15 is 0 Å². The minimum Gasteiger partial charge on any atom is -0.482 e. The number of anilines is 1. The van der Waals surface area contributed by atoms with Gasteiger partial charge in [-0.05, 0) is 24.5 Å². The number of rotatable bonds is 6. The molecule has 0 fully saturated rings. The van der Waals surface area contributed by atoms with Gasteiger partial charge >= 0.3 is 5.97 Å². The molecule has 0 atom stereocenters. The third-order valence-corrected chi connectivity index (χ3v) is 2.47. The Labute approximate surface area is 125 Å². The maximum atomic E-state index is 11.9. The predicted octanol–water partition coefficient (Wildman–Crippen LogP) is 3.00. The molecule has 0 unspecified atom stereocenters. The van der Waals surface area contributed by atoms with Gasteiger partial charge in [-0.2, -0.15) is 0 Å². The summed E-state index contributed by atoms with van der Waals surface area (Å²) in [4.78, 5) is 23.1. The molecule has 1 aromatic rings. The van der Waals surface area contributed by atoms with E-state index in [1.165, 1.54) is 0 Å². The molecule has 0 aliphatic heterocycles. The van der Waals surface area contributed by atoms with E-state index in [0.29, 0.717) is 24.5 Å². The standard InChI is InChI=1S/C16H23NO4/c1-5-20-15(19)11-21-13-8-6-7-12(9-13)17-14(18)10-16(2,3)4/h6-9H,5,10-11H2,1-4H3,(H,17,18). The lowest BCUT2D eigenvalue weighted by Gasteiger charge is -2.17. The Hall–Kier alpha value is -2.04. The van der Waals surface area contributed by atoms with Crippen molar-refractivity contribution in [2.75, 3.05) is 18.5 Å². The molecule has 5 heteroatoms. The van der Waals surface area contributed by atoms with Crippen LogP contribution < -0.4 is 10.1 Å². The van der Waals surface area contributed by atoms with Crippen LogP contribution in [0.15, 0.2) is 24.3 Å². The maximum Gasteiger partial charge on any atom is 0.344 e. The molecule has 0 bridgehead atoms. The number of ether oxygens (including phenoxy) is 2. The lowest BCUT2D eigenvalue weighted by molar-refractivity contribution is -0.145. The lowest BCUT2D eigenvalue weighted by atomic mass is 9.92. The number of carbonyl (C=O) groups is 2. The molecule has 0 aliphatic rings. The molecular weight excluding hydrogens is 270 g/mol. The average Bonchev–Trinajstić information content (AvgIpc) is 2.35. The summed E-state index contributed by atoms with van der Waals surface area (Å²) in [7, 11) is 0. The molecule has 0 saturated carbocycles. The Morgan fingerprint density at radius 3 is 2.57 bits per heavy atom. The average molecular weight is 293 g/mol. The van der Waals surface area contributed by atoms with Crippen LogP contribution in [0.3, 0.4) is 0 Å². The molecule has 21 heavy (non-hydrogen) atoms. The van der Waals surface area contributed by atoms with Gasteiger partial charge in [0.25, 0.3) is 0 Å². The highest BCUT2D eigenvalue weighted by molar-refractivity contribution is 5.91. The normalized spacial score (nSPS) is 10.9. The van der Waals surface area contributed by atoms with E-state index < -0.39 is 5.97 Å². The summed E-state index contributed by atoms with van der Waals surface area (Å²) in [5.74, 6) is 0.0429. The van der Waals surface area contributed by atoms with Crippen molar-refractivity contribution >= 4 is 17.6 Å². The van der Waals surface area contributed by atoms with Crippen molar-refractivity contribution in [2.24, 2.45) is 5.41 Å². The van der Waals surface area contributed by atoms with Gasteiger partial charge in [0, 0.05) is 18.2 Å². The van der Waals surface area contributed by atoms with Crippen LogP contribution in [-0.4, -0.2) is 25.1 Å². The largest absolute Gasteiger partial charge is 0.482 e. The van der Waals surface area contributed by atoms with E-state index in [1.807, 2.05) is 20.8 Å². The SMILES string of the molecule is CCOC(=O)COc1cccc(NC(=O)CC(C)(C)C)c1. The maximum absolute atomic E-state index is 11.9. The van der Waals surface area contributed by atoms with Gasteiger partial charge in [-0.3, -0.25) is 4.79 Å². The van der Waals surface area contributed by atoms with Crippen LogP contribution in [0.5, 0.6) is 5.75 Å². The van der Waals surface area contributed by atoms with Gasteiger partial charge in [-0.15, -0.1) is 0 Å². The number of hydrogen-bond acceptors (Lipinski definition) is 4. The highest BCUT2D eigenvalue weighted by Gasteiger charge is 2.16. The molecule has 0 radical (unpaired) electrons. The Morgan fingerprint density at radius 1 is 1.24 bits per heavy atom. The van der Waals surface area contributed by atoms with Crippen molar-refractivity contribution < 1.29 is 19.1 Å². The van der Waals surface area contributed by atoms with Crippen LogP contribution in [0.2, 0.25) is 0 Å². The number of carbonyl (C=O) groups excluding carboxylic acids is 2. The zero-order chi connectivity index (χ0) is 15.9. The first kappa shape index (κ1) is 17.0. The topological polar surface area (TPSA) is 64.6 Å². The molecule has 0 aliphatic carbocycles. The minimum atomic E-state index is -0.417. The summed E-state index contributed by atoms with van der Waals surface area (Å²) in [6.07, 6.45) is 0.431. The van der Waals surface area contributed by atoms with Crippen LogP contribution in [0.25, 0.3) is 0 Å². The van der Waals surface area contributed by atoms with E-state index in [0.717, 1.165) is 0 Å². The fraction of sp³-hybridized carbons (Fsp3) is 0.500. The van der Waals surface area contributed by atoms with Crippen molar-refractivity contribution in [3.63, 3.8) is 0 Å². The molecule has 5 nitrogen and oxygen atoms in total. The second kappa shape index (κ2) is 7.67. The van der Waals surface area contributed by atoms with E-state index in [2.05, 4.69) is 5.32 Å². The van der Waals surface area contributed by atoms with E-state index in [-0.39, 0.29) is 17.9 Å². The molecule has 0 aromatic heterocycles. The first-order chi connectivity index (χ1) is 9.80. The highest BCUT2D eigenvalue weighted by atomic mass is 16.6. The summed E-state index contributed by atoms with van der Waals surface area (Å²) in [6.45, 7) is 7.93. The van der Waals surface area contributed by atoms with Crippen LogP contribution in [0.1, 0.15) is 34.1 Å².